The summed E-state index contributed by atoms with van der Waals surface area (Å²) in [4.78, 5) is 23.8. The summed E-state index contributed by atoms with van der Waals surface area (Å²) in [7, 11) is 0. The van der Waals surface area contributed by atoms with Gasteiger partial charge in [-0.15, -0.1) is 0 Å². The summed E-state index contributed by atoms with van der Waals surface area (Å²) in [6.07, 6.45) is -26.5. The molecule has 0 N–H and O–H groups in total. The molecule has 0 saturated carbocycles. The van der Waals surface area contributed by atoms with Crippen molar-refractivity contribution < 1.29 is 177 Å². The average molecular weight is 940 g/mol. The van der Waals surface area contributed by atoms with Gasteiger partial charge >= 0.3 is 113 Å². The molecule has 0 aliphatic carbocycles. The molecule has 7 nitrogen and oxygen atoms in total. The summed E-state index contributed by atoms with van der Waals surface area (Å²) >= 11 is -0.647. The molecule has 0 bridgehead atoms. The summed E-state index contributed by atoms with van der Waals surface area (Å²) < 4.78 is 353. The average Bonchev–Trinajstić information content (AvgIpc) is 3.01. The van der Waals surface area contributed by atoms with Crippen molar-refractivity contribution in [2.45, 2.75) is 109 Å². The minimum atomic E-state index is -8.22. The predicted molar refractivity (Wildman–Crippen MR) is 120 cm³/mol. The third-order valence-corrected chi connectivity index (χ3v) is 7.30. The zero-order chi connectivity index (χ0) is 45.2. The van der Waals surface area contributed by atoms with Crippen molar-refractivity contribution in [2.75, 3.05) is 13.2 Å². The second-order valence-corrected chi connectivity index (χ2v) is 11.4. The van der Waals surface area contributed by atoms with Crippen molar-refractivity contribution in [1.82, 2.24) is 0 Å². The van der Waals surface area contributed by atoms with Crippen LogP contribution in [0.15, 0.2) is 0 Å². The molecule has 0 aliphatic heterocycles. The van der Waals surface area contributed by atoms with Crippen LogP contribution in [-0.4, -0.2) is 102 Å². The number of esters is 2. The van der Waals surface area contributed by atoms with Gasteiger partial charge in [0.1, 0.15) is 5.25 Å². The van der Waals surface area contributed by atoms with Gasteiger partial charge in [-0.2, -0.15) is 118 Å². The van der Waals surface area contributed by atoms with Crippen LogP contribution in [0.4, 0.5) is 114 Å². The van der Waals surface area contributed by atoms with Crippen LogP contribution in [0.1, 0.15) is 32.1 Å². The van der Waals surface area contributed by atoms with E-state index in [9.17, 15) is 129 Å². The Kier molecular flexibility index (Phi) is 18.7. The van der Waals surface area contributed by atoms with Crippen LogP contribution in [0.25, 0.3) is 0 Å². The van der Waals surface area contributed by atoms with Gasteiger partial charge < -0.3 is 14.7 Å². The molecule has 0 saturated heterocycles. The maximum absolute atomic E-state index is 13.8. The van der Waals surface area contributed by atoms with E-state index in [1.807, 2.05) is 0 Å². The standard InChI is InChI=1S/C22H16F26O7S.Na/c23-11(24,13(27,28)15(31,32)17(35,36)19(39,40)21(43,44)45)3-1-5-52-9(49)7-8(56-55-54-51)10(50)53-6-2-4-12(25,26)14(29,30)16(33,34)18(37,38)20(41,42)22(46,47)48;/h8,51H,1-7H2;/q;+1/p-1. The molecule has 0 spiro atoms. The largest absolute Gasteiger partial charge is 1.00 e. The molecule has 57 heavy (non-hydrogen) atoms. The van der Waals surface area contributed by atoms with Gasteiger partial charge in [-0.05, 0) is 12.8 Å². The Morgan fingerprint density at radius 3 is 1.07 bits per heavy atom. The summed E-state index contributed by atoms with van der Waals surface area (Å²) in [6, 6.07) is 0. The second-order valence-electron chi connectivity index (χ2n) is 10.5. The molecular weight excluding hydrogens is 925 g/mol. The Morgan fingerprint density at radius 2 is 0.772 bits per heavy atom. The van der Waals surface area contributed by atoms with Crippen molar-refractivity contribution in [3.05, 3.63) is 0 Å². The smallest absolute Gasteiger partial charge is 0.691 e. The fourth-order valence-corrected chi connectivity index (χ4v) is 3.87. The predicted octanol–water partition coefficient (Wildman–Crippen LogP) is 5.75. The number of rotatable bonds is 22. The Balaban J connectivity index is 0. The Bertz CT molecular complexity index is 1340. The molecule has 0 rings (SSSR count). The fourth-order valence-electron chi connectivity index (χ4n) is 3.39. The van der Waals surface area contributed by atoms with Crippen molar-refractivity contribution >= 4 is 24.0 Å². The van der Waals surface area contributed by atoms with Crippen LogP contribution < -0.4 is 34.8 Å². The van der Waals surface area contributed by atoms with Gasteiger partial charge in [0.15, 0.2) is 0 Å². The van der Waals surface area contributed by atoms with Gasteiger partial charge in [0.2, 0.25) is 0 Å². The monoisotopic (exact) mass is 940 g/mol. The Labute approximate surface area is 323 Å². The number of alkyl halides is 26. The van der Waals surface area contributed by atoms with Gasteiger partial charge in [0.25, 0.3) is 0 Å². The van der Waals surface area contributed by atoms with E-state index in [0.717, 1.165) is 0 Å². The topological polar surface area (TPSA) is 94.1 Å². The molecule has 0 amide bonds. The first-order valence-corrected chi connectivity index (χ1v) is 14.1. The van der Waals surface area contributed by atoms with Gasteiger partial charge in [-0.1, -0.05) is 0 Å². The second kappa shape index (κ2) is 18.5. The summed E-state index contributed by atoms with van der Waals surface area (Å²) in [5.74, 6) is -81.5. The van der Waals surface area contributed by atoms with E-state index in [4.69, 9.17) is 0 Å². The molecule has 0 aromatic heterocycles. The fraction of sp³-hybridized carbons (Fsp3) is 0.909. The molecule has 0 fully saturated rings. The zero-order valence-electron chi connectivity index (χ0n) is 26.6. The first-order chi connectivity index (χ1) is 24.4. The SMILES string of the molecule is O=C(CC(SOO[O-])C(=O)OCCCC(F)(F)C(F)(F)C(F)(F)C(F)(F)C(F)(F)C(F)(F)F)OCCCC(F)(F)C(F)(F)C(F)(F)C(F)(F)C(F)(F)C(F)(F)F.[Na+]. The van der Waals surface area contributed by atoms with E-state index >= 15 is 0 Å². The van der Waals surface area contributed by atoms with Crippen LogP contribution in [0.5, 0.6) is 0 Å². The van der Waals surface area contributed by atoms with Crippen molar-refractivity contribution in [1.29, 1.82) is 0 Å². The maximum Gasteiger partial charge on any atom is 1.00 e. The van der Waals surface area contributed by atoms with Crippen molar-refractivity contribution in [2.24, 2.45) is 0 Å². The molecule has 334 valence electrons. The minimum Gasteiger partial charge on any atom is -0.691 e. The molecule has 0 radical (unpaired) electrons. The molecule has 0 aromatic rings. The van der Waals surface area contributed by atoms with Crippen LogP contribution >= 0.6 is 12.0 Å². The quantitative estimate of drug-likeness (QED) is 0.0258. The van der Waals surface area contributed by atoms with Gasteiger partial charge in [0.05, 0.1) is 19.6 Å². The van der Waals surface area contributed by atoms with Gasteiger partial charge in [0, 0.05) is 24.9 Å². The molecule has 35 heteroatoms. The van der Waals surface area contributed by atoms with E-state index in [1.165, 1.54) is 0 Å². The number of hydrogen-bond acceptors (Lipinski definition) is 8. The van der Waals surface area contributed by atoms with Crippen LogP contribution in [0, 0.1) is 0 Å². The molecule has 1 unspecified atom stereocenters. The molecule has 0 aliphatic rings. The number of halogens is 26. The number of carbonyl (C=O) groups is 2. The van der Waals surface area contributed by atoms with Crippen LogP contribution in [0.2, 0.25) is 0 Å². The van der Waals surface area contributed by atoms with E-state index in [0.29, 0.717) is 0 Å². The van der Waals surface area contributed by atoms with Crippen LogP contribution in [0.3, 0.4) is 0 Å². The first kappa shape index (κ1) is 57.4. The van der Waals surface area contributed by atoms with Crippen LogP contribution in [-0.2, 0) is 28.4 Å². The molecule has 1 atom stereocenters. The normalized spacial score (nSPS) is 15.6. The third kappa shape index (κ3) is 11.0. The van der Waals surface area contributed by atoms with E-state index in [2.05, 4.69) is 18.8 Å². The number of ether oxygens (including phenoxy) is 2. The maximum atomic E-state index is 13.8. The van der Waals surface area contributed by atoms with E-state index in [-0.39, 0.29) is 29.6 Å². The molecular formula is C22H15F26NaO7S. The third-order valence-electron chi connectivity index (χ3n) is 6.57. The number of hydrogen-bond donors (Lipinski definition) is 0. The molecule has 0 aromatic carbocycles. The summed E-state index contributed by atoms with van der Waals surface area (Å²) in [5.41, 5.74) is 0. The molecule has 0 heterocycles. The minimum absolute atomic E-state index is 0. The van der Waals surface area contributed by atoms with Crippen molar-refractivity contribution in [3.8, 4) is 0 Å². The Morgan fingerprint density at radius 1 is 0.474 bits per heavy atom. The number of carbonyl (C=O) groups excluding carboxylic acids is 2. The Hall–Kier alpha value is -1.65. The summed E-state index contributed by atoms with van der Waals surface area (Å²) in [5, 5.41) is 10.2. The zero-order valence-corrected chi connectivity index (χ0v) is 29.4. The summed E-state index contributed by atoms with van der Waals surface area (Å²) in [6.45, 7) is -3.49. The van der Waals surface area contributed by atoms with Gasteiger partial charge in [-0.3, -0.25) is 14.6 Å². The van der Waals surface area contributed by atoms with Gasteiger partial charge in [-0.25, -0.2) is 0 Å². The van der Waals surface area contributed by atoms with Crippen molar-refractivity contribution in [3.63, 3.8) is 0 Å². The first-order valence-electron chi connectivity index (χ1n) is 13.3. The van der Waals surface area contributed by atoms with E-state index < -0.39 is 146 Å². The van der Waals surface area contributed by atoms with E-state index in [1.54, 1.807) is 0 Å².